The Morgan fingerprint density at radius 1 is 0.857 bits per heavy atom. The molecule has 0 amide bonds. The van der Waals surface area contributed by atoms with E-state index in [0.717, 1.165) is 21.5 Å². The average molecular weight is 389 g/mol. The fourth-order valence-electron chi connectivity index (χ4n) is 3.51. The van der Waals surface area contributed by atoms with Crippen molar-refractivity contribution in [2.75, 3.05) is 6.61 Å². The average Bonchev–Trinajstić information content (AvgIpc) is 3.25. The highest BCUT2D eigenvalue weighted by molar-refractivity contribution is 7.85. The van der Waals surface area contributed by atoms with Crippen LogP contribution in [0.15, 0.2) is 89.9 Å². The lowest BCUT2D eigenvalue weighted by molar-refractivity contribution is 0.292. The first-order valence-corrected chi connectivity index (χ1v) is 11.3. The van der Waals surface area contributed by atoms with Gasteiger partial charge in [-0.2, -0.15) is 0 Å². The molecule has 0 saturated carbocycles. The van der Waals surface area contributed by atoms with E-state index in [1.54, 1.807) is 0 Å². The highest BCUT2D eigenvalue weighted by Gasteiger charge is 2.34. The summed E-state index contributed by atoms with van der Waals surface area (Å²) in [7, 11) is -3.07. The first kappa shape index (κ1) is 18.7. The van der Waals surface area contributed by atoms with Crippen molar-refractivity contribution < 1.29 is 9.30 Å². The number of hydrogen-bond acceptors (Lipinski definition) is 3. The standard InChI is InChI=1S/C24H24NO2P/c1-18(2)22-17-27-24(25-22)21-15-9-10-16-23(21)28(26,19-11-5-3-6-12-19)20-13-7-4-8-14-20/h3-16,18,22H,17H2,1-2H3/t22-/m1/s1. The lowest BCUT2D eigenvalue weighted by Crippen LogP contribution is -2.29. The van der Waals surface area contributed by atoms with Crippen LogP contribution in [0.25, 0.3) is 0 Å². The van der Waals surface area contributed by atoms with Gasteiger partial charge in [0.05, 0.1) is 6.04 Å². The second kappa shape index (κ2) is 7.77. The van der Waals surface area contributed by atoms with E-state index < -0.39 is 7.14 Å². The van der Waals surface area contributed by atoms with Gasteiger partial charge in [0, 0.05) is 21.5 Å². The molecule has 1 aliphatic rings. The van der Waals surface area contributed by atoms with Crippen molar-refractivity contribution in [1.29, 1.82) is 0 Å². The molecule has 3 aromatic rings. The zero-order chi connectivity index (χ0) is 19.6. The Morgan fingerprint density at radius 2 is 1.39 bits per heavy atom. The Kier molecular flexibility index (Phi) is 5.19. The Bertz CT molecular complexity index is 985. The molecule has 1 heterocycles. The molecule has 3 nitrogen and oxygen atoms in total. The van der Waals surface area contributed by atoms with Crippen molar-refractivity contribution >= 4 is 29.0 Å². The zero-order valence-corrected chi connectivity index (χ0v) is 17.1. The minimum absolute atomic E-state index is 0.135. The van der Waals surface area contributed by atoms with Crippen LogP contribution in [0.2, 0.25) is 0 Å². The lowest BCUT2D eigenvalue weighted by atomic mass is 10.1. The van der Waals surface area contributed by atoms with Crippen molar-refractivity contribution in [3.63, 3.8) is 0 Å². The molecule has 142 valence electrons. The van der Waals surface area contributed by atoms with Crippen LogP contribution in [0.3, 0.4) is 0 Å². The van der Waals surface area contributed by atoms with Crippen LogP contribution in [-0.4, -0.2) is 18.5 Å². The summed E-state index contributed by atoms with van der Waals surface area (Å²) in [5.74, 6) is 1.00. The van der Waals surface area contributed by atoms with Crippen LogP contribution in [0.4, 0.5) is 0 Å². The monoisotopic (exact) mass is 389 g/mol. The third kappa shape index (κ3) is 3.31. The predicted octanol–water partition coefficient (Wildman–Crippen LogP) is 4.13. The highest BCUT2D eigenvalue weighted by atomic mass is 31.2. The van der Waals surface area contributed by atoms with Gasteiger partial charge in [-0.3, -0.25) is 0 Å². The van der Waals surface area contributed by atoms with Gasteiger partial charge in [-0.05, 0) is 12.0 Å². The van der Waals surface area contributed by atoms with Crippen LogP contribution in [0.1, 0.15) is 19.4 Å². The summed E-state index contributed by atoms with van der Waals surface area (Å²) >= 11 is 0. The molecular weight excluding hydrogens is 365 g/mol. The molecule has 28 heavy (non-hydrogen) atoms. The third-order valence-electron chi connectivity index (χ3n) is 5.16. The van der Waals surface area contributed by atoms with Crippen LogP contribution < -0.4 is 15.9 Å². The Balaban J connectivity index is 1.93. The summed E-state index contributed by atoms with van der Waals surface area (Å²) < 4.78 is 20.6. The van der Waals surface area contributed by atoms with Gasteiger partial charge < -0.3 is 9.30 Å². The van der Waals surface area contributed by atoms with Gasteiger partial charge in [0.1, 0.15) is 6.61 Å². The van der Waals surface area contributed by atoms with E-state index in [1.807, 2.05) is 84.9 Å². The number of hydrogen-bond donors (Lipinski definition) is 0. The summed E-state index contributed by atoms with van der Waals surface area (Å²) in [5, 5.41) is 2.40. The number of rotatable bonds is 5. The van der Waals surface area contributed by atoms with E-state index in [4.69, 9.17) is 9.73 Å². The fourth-order valence-corrected chi connectivity index (χ4v) is 6.35. The minimum atomic E-state index is -3.07. The molecule has 3 aromatic carbocycles. The van der Waals surface area contributed by atoms with Gasteiger partial charge in [-0.1, -0.05) is 92.7 Å². The van der Waals surface area contributed by atoms with E-state index >= 15 is 0 Å². The molecule has 0 fully saturated rings. The summed E-state index contributed by atoms with van der Waals surface area (Å²) in [5.41, 5.74) is 0.821. The predicted molar refractivity (Wildman–Crippen MR) is 117 cm³/mol. The van der Waals surface area contributed by atoms with Crippen molar-refractivity contribution in [3.8, 4) is 0 Å². The van der Waals surface area contributed by atoms with Crippen LogP contribution in [0.5, 0.6) is 0 Å². The van der Waals surface area contributed by atoms with E-state index in [1.165, 1.54) is 0 Å². The number of nitrogens with zero attached hydrogens (tertiary/aromatic N) is 1. The second-order valence-corrected chi connectivity index (χ2v) is 10.1. The van der Waals surface area contributed by atoms with Crippen LogP contribution in [0, 0.1) is 5.92 Å². The SMILES string of the molecule is CC(C)[C@H]1COC(c2ccccc2P(=O)(c2ccccc2)c2ccccc2)=N1. The molecule has 0 radical (unpaired) electrons. The Morgan fingerprint density at radius 3 is 1.93 bits per heavy atom. The van der Waals surface area contributed by atoms with Gasteiger partial charge in [0.25, 0.3) is 0 Å². The van der Waals surface area contributed by atoms with Crippen LogP contribution in [-0.2, 0) is 9.30 Å². The summed E-state index contributed by atoms with van der Waals surface area (Å²) in [6, 6.07) is 27.4. The van der Waals surface area contributed by atoms with Gasteiger partial charge in [-0.15, -0.1) is 0 Å². The van der Waals surface area contributed by atoms with Gasteiger partial charge in [-0.25, -0.2) is 4.99 Å². The van der Waals surface area contributed by atoms with Gasteiger partial charge in [0.2, 0.25) is 5.90 Å². The molecule has 4 rings (SSSR count). The maximum Gasteiger partial charge on any atom is 0.217 e. The second-order valence-electron chi connectivity index (χ2n) is 7.35. The first-order valence-electron chi connectivity index (χ1n) is 9.62. The molecule has 0 unspecified atom stereocenters. The topological polar surface area (TPSA) is 38.7 Å². The maximum absolute atomic E-state index is 14.7. The van der Waals surface area contributed by atoms with E-state index in [0.29, 0.717) is 18.4 Å². The maximum atomic E-state index is 14.7. The summed E-state index contributed by atoms with van der Waals surface area (Å²) in [6.07, 6.45) is 0. The molecule has 0 aliphatic carbocycles. The Labute approximate surface area is 166 Å². The summed E-state index contributed by atoms with van der Waals surface area (Å²) in [6.45, 7) is 4.86. The van der Waals surface area contributed by atoms with E-state index in [-0.39, 0.29) is 6.04 Å². The minimum Gasteiger partial charge on any atom is -0.475 e. The highest BCUT2D eigenvalue weighted by Crippen LogP contribution is 2.43. The molecule has 0 bridgehead atoms. The first-order chi connectivity index (χ1) is 13.6. The third-order valence-corrected chi connectivity index (χ3v) is 8.28. The zero-order valence-electron chi connectivity index (χ0n) is 16.2. The van der Waals surface area contributed by atoms with Crippen molar-refractivity contribution in [3.05, 3.63) is 90.5 Å². The van der Waals surface area contributed by atoms with E-state index in [2.05, 4.69) is 13.8 Å². The molecular formula is C24H24NO2P. The smallest absolute Gasteiger partial charge is 0.217 e. The van der Waals surface area contributed by atoms with Crippen molar-refractivity contribution in [1.82, 2.24) is 0 Å². The number of ether oxygens (including phenoxy) is 1. The van der Waals surface area contributed by atoms with Crippen molar-refractivity contribution in [2.45, 2.75) is 19.9 Å². The molecule has 0 N–H and O–H groups in total. The lowest BCUT2D eigenvalue weighted by Gasteiger charge is -2.22. The quantitative estimate of drug-likeness (QED) is 0.616. The molecule has 0 aromatic heterocycles. The van der Waals surface area contributed by atoms with Gasteiger partial charge >= 0.3 is 0 Å². The van der Waals surface area contributed by atoms with Crippen LogP contribution >= 0.6 is 7.14 Å². The molecule has 0 saturated heterocycles. The Hall–Kier alpha value is -2.64. The molecule has 1 aliphatic heterocycles. The number of aliphatic imine (C=N–C) groups is 1. The number of benzene rings is 3. The fraction of sp³-hybridized carbons (Fsp3) is 0.208. The molecule has 1 atom stereocenters. The molecule has 4 heteroatoms. The normalized spacial score (nSPS) is 16.7. The summed E-state index contributed by atoms with van der Waals surface area (Å²) in [4.78, 5) is 4.79. The van der Waals surface area contributed by atoms with Gasteiger partial charge in [0.15, 0.2) is 7.14 Å². The van der Waals surface area contributed by atoms with Crippen molar-refractivity contribution in [2.24, 2.45) is 10.9 Å². The van der Waals surface area contributed by atoms with E-state index in [9.17, 15) is 4.57 Å². The largest absolute Gasteiger partial charge is 0.475 e. The molecule has 0 spiro atoms.